The first kappa shape index (κ1) is 16.2. The number of piperidine rings is 1. The van der Waals surface area contributed by atoms with Gasteiger partial charge in [0.15, 0.2) is 0 Å². The molecule has 0 aliphatic carbocycles. The van der Waals surface area contributed by atoms with E-state index in [2.05, 4.69) is 17.1 Å². The number of aromatic nitrogens is 1. The van der Waals surface area contributed by atoms with Crippen LogP contribution in [0.3, 0.4) is 0 Å². The van der Waals surface area contributed by atoms with Gasteiger partial charge in [-0.2, -0.15) is 0 Å². The van der Waals surface area contributed by atoms with E-state index in [4.69, 9.17) is 11.6 Å². The number of para-hydroxylation sites is 1. The van der Waals surface area contributed by atoms with E-state index in [0.717, 1.165) is 29.4 Å². The predicted molar refractivity (Wildman–Crippen MR) is 97.6 cm³/mol. The Hall–Kier alpha value is -2.33. The molecule has 2 heterocycles. The predicted octanol–water partition coefficient (Wildman–Crippen LogP) is 4.98. The standard InChI is InChI=1S/C20H18ClFN2O/c21-15-7-3-8-16(22)19(15)20(25)24-10-4-6-14(12-24)18-11-13-5-1-2-9-17(13)23-18/h1-3,5,7-9,11,14,23H,4,6,10,12H2. The van der Waals surface area contributed by atoms with E-state index in [1.54, 1.807) is 11.0 Å². The van der Waals surface area contributed by atoms with Crippen molar-refractivity contribution in [1.82, 2.24) is 9.88 Å². The van der Waals surface area contributed by atoms with E-state index >= 15 is 0 Å². The lowest BCUT2D eigenvalue weighted by molar-refractivity contribution is 0.0701. The van der Waals surface area contributed by atoms with Crippen molar-refractivity contribution in [3.8, 4) is 0 Å². The Bertz CT molecular complexity index is 883. The van der Waals surface area contributed by atoms with Crippen LogP contribution in [0, 0.1) is 5.82 Å². The Labute approximate surface area is 150 Å². The average Bonchev–Trinajstić information content (AvgIpc) is 3.06. The van der Waals surface area contributed by atoms with Crippen molar-refractivity contribution in [1.29, 1.82) is 0 Å². The van der Waals surface area contributed by atoms with Gasteiger partial charge in [-0.1, -0.05) is 35.9 Å². The zero-order valence-corrected chi connectivity index (χ0v) is 14.4. The number of likely N-dealkylation sites (tertiary alicyclic amines) is 1. The Balaban J connectivity index is 1.59. The van der Waals surface area contributed by atoms with Crippen LogP contribution in [0.5, 0.6) is 0 Å². The molecule has 3 aromatic rings. The van der Waals surface area contributed by atoms with Crippen molar-refractivity contribution >= 4 is 28.4 Å². The van der Waals surface area contributed by atoms with E-state index < -0.39 is 5.82 Å². The molecule has 0 bridgehead atoms. The SMILES string of the molecule is O=C(c1c(F)cccc1Cl)N1CCCC(c2cc3ccccc3[nH]2)C1. The average molecular weight is 357 g/mol. The van der Waals surface area contributed by atoms with Crippen LogP contribution in [0.15, 0.2) is 48.5 Å². The Kier molecular flexibility index (Phi) is 4.22. The number of hydrogen-bond donors (Lipinski definition) is 1. The van der Waals surface area contributed by atoms with Gasteiger partial charge in [0.25, 0.3) is 5.91 Å². The summed E-state index contributed by atoms with van der Waals surface area (Å²) in [6, 6.07) is 14.6. The Morgan fingerprint density at radius 2 is 2.04 bits per heavy atom. The molecule has 0 saturated carbocycles. The van der Waals surface area contributed by atoms with Crippen molar-refractivity contribution < 1.29 is 9.18 Å². The van der Waals surface area contributed by atoms with Crippen LogP contribution in [0.4, 0.5) is 4.39 Å². The first-order valence-corrected chi connectivity index (χ1v) is 8.82. The van der Waals surface area contributed by atoms with Gasteiger partial charge in [-0.3, -0.25) is 4.79 Å². The largest absolute Gasteiger partial charge is 0.358 e. The molecule has 5 heteroatoms. The first-order chi connectivity index (χ1) is 12.1. The number of aromatic amines is 1. The number of nitrogens with zero attached hydrogens (tertiary/aromatic N) is 1. The number of rotatable bonds is 2. The van der Waals surface area contributed by atoms with Crippen LogP contribution in [0.2, 0.25) is 5.02 Å². The number of nitrogens with one attached hydrogen (secondary N) is 1. The van der Waals surface area contributed by atoms with Crippen molar-refractivity contribution in [2.75, 3.05) is 13.1 Å². The molecule has 25 heavy (non-hydrogen) atoms. The van der Waals surface area contributed by atoms with Gasteiger partial charge in [0.1, 0.15) is 5.82 Å². The van der Waals surface area contributed by atoms with Crippen molar-refractivity contribution in [2.24, 2.45) is 0 Å². The molecule has 1 amide bonds. The summed E-state index contributed by atoms with van der Waals surface area (Å²) >= 11 is 6.06. The van der Waals surface area contributed by atoms with E-state index in [9.17, 15) is 9.18 Å². The quantitative estimate of drug-likeness (QED) is 0.690. The highest BCUT2D eigenvalue weighted by Gasteiger charge is 2.28. The molecule has 1 unspecified atom stereocenters. The minimum Gasteiger partial charge on any atom is -0.358 e. The van der Waals surface area contributed by atoms with Gasteiger partial charge >= 0.3 is 0 Å². The summed E-state index contributed by atoms with van der Waals surface area (Å²) in [5.74, 6) is -0.676. The van der Waals surface area contributed by atoms with Gasteiger partial charge in [-0.15, -0.1) is 0 Å². The molecule has 0 spiro atoms. The van der Waals surface area contributed by atoms with E-state index in [-0.39, 0.29) is 22.4 Å². The number of carbonyl (C=O) groups is 1. The van der Waals surface area contributed by atoms with E-state index in [1.807, 2.05) is 18.2 Å². The van der Waals surface area contributed by atoms with Crippen molar-refractivity contribution in [2.45, 2.75) is 18.8 Å². The fraction of sp³-hybridized carbons (Fsp3) is 0.250. The summed E-state index contributed by atoms with van der Waals surface area (Å²) < 4.78 is 14.1. The zero-order valence-electron chi connectivity index (χ0n) is 13.6. The van der Waals surface area contributed by atoms with Crippen LogP contribution >= 0.6 is 11.6 Å². The fourth-order valence-corrected chi connectivity index (χ4v) is 3.84. The number of fused-ring (bicyclic) bond motifs is 1. The molecule has 3 nitrogen and oxygen atoms in total. The number of hydrogen-bond acceptors (Lipinski definition) is 1. The maximum Gasteiger partial charge on any atom is 0.258 e. The molecule has 1 aliphatic heterocycles. The van der Waals surface area contributed by atoms with Crippen LogP contribution in [-0.2, 0) is 0 Å². The number of H-pyrrole nitrogens is 1. The lowest BCUT2D eigenvalue weighted by atomic mass is 9.94. The van der Waals surface area contributed by atoms with Gasteiger partial charge in [0.05, 0.1) is 10.6 Å². The maximum atomic E-state index is 14.1. The molecule has 4 rings (SSSR count). The van der Waals surface area contributed by atoms with E-state index in [1.165, 1.54) is 12.1 Å². The summed E-state index contributed by atoms with van der Waals surface area (Å²) in [7, 11) is 0. The highest BCUT2D eigenvalue weighted by molar-refractivity contribution is 6.33. The smallest absolute Gasteiger partial charge is 0.258 e. The Morgan fingerprint density at radius 3 is 2.84 bits per heavy atom. The third-order valence-corrected chi connectivity index (χ3v) is 5.19. The van der Waals surface area contributed by atoms with Gasteiger partial charge in [0, 0.05) is 30.2 Å². The van der Waals surface area contributed by atoms with Crippen molar-refractivity contribution in [3.05, 3.63) is 70.6 Å². The summed E-state index contributed by atoms with van der Waals surface area (Å²) in [5.41, 5.74) is 2.19. The number of benzene rings is 2. The second kappa shape index (κ2) is 6.52. The van der Waals surface area contributed by atoms with Crippen LogP contribution in [0.1, 0.15) is 34.8 Å². The van der Waals surface area contributed by atoms with Crippen LogP contribution in [0.25, 0.3) is 10.9 Å². The molecule has 1 N–H and O–H groups in total. The minimum atomic E-state index is -0.565. The van der Waals surface area contributed by atoms with Gasteiger partial charge in [0.2, 0.25) is 0 Å². The summed E-state index contributed by atoms with van der Waals surface area (Å²) in [5, 5.41) is 1.33. The zero-order chi connectivity index (χ0) is 17.4. The number of halogens is 2. The van der Waals surface area contributed by atoms with Gasteiger partial charge in [-0.05, 0) is 42.5 Å². The molecule has 0 radical (unpaired) electrons. The maximum absolute atomic E-state index is 14.1. The second-order valence-corrected chi connectivity index (χ2v) is 6.91. The molecule has 128 valence electrons. The van der Waals surface area contributed by atoms with Crippen LogP contribution < -0.4 is 0 Å². The first-order valence-electron chi connectivity index (χ1n) is 8.44. The molecule has 1 aliphatic rings. The molecule has 1 fully saturated rings. The summed E-state index contributed by atoms with van der Waals surface area (Å²) in [6.07, 6.45) is 1.89. The van der Waals surface area contributed by atoms with Crippen LogP contribution in [-0.4, -0.2) is 28.9 Å². The third-order valence-electron chi connectivity index (χ3n) is 4.88. The molecular weight excluding hydrogens is 339 g/mol. The third kappa shape index (κ3) is 3.02. The van der Waals surface area contributed by atoms with Crippen molar-refractivity contribution in [3.63, 3.8) is 0 Å². The highest BCUT2D eigenvalue weighted by atomic mass is 35.5. The lowest BCUT2D eigenvalue weighted by Gasteiger charge is -2.32. The summed E-state index contributed by atoms with van der Waals surface area (Å²) in [4.78, 5) is 17.9. The van der Waals surface area contributed by atoms with E-state index in [0.29, 0.717) is 13.1 Å². The van der Waals surface area contributed by atoms with Gasteiger partial charge < -0.3 is 9.88 Å². The monoisotopic (exact) mass is 356 g/mol. The molecule has 1 saturated heterocycles. The molecule has 1 aromatic heterocycles. The molecular formula is C20H18ClFN2O. The normalized spacial score (nSPS) is 17.8. The Morgan fingerprint density at radius 1 is 1.20 bits per heavy atom. The second-order valence-electron chi connectivity index (χ2n) is 6.50. The topological polar surface area (TPSA) is 36.1 Å². The van der Waals surface area contributed by atoms with Gasteiger partial charge in [-0.25, -0.2) is 4.39 Å². The minimum absolute atomic E-state index is 0.0264. The lowest BCUT2D eigenvalue weighted by Crippen LogP contribution is -2.39. The molecule has 1 atom stereocenters. The molecule has 2 aromatic carbocycles. The highest BCUT2D eigenvalue weighted by Crippen LogP contribution is 2.30. The number of carbonyl (C=O) groups excluding carboxylic acids is 1. The summed E-state index contributed by atoms with van der Waals surface area (Å²) in [6.45, 7) is 1.19. The number of amides is 1. The fourth-order valence-electron chi connectivity index (χ4n) is 3.59.